The molecule has 0 amide bonds. The quantitative estimate of drug-likeness (QED) is 0.887. The van der Waals surface area contributed by atoms with Gasteiger partial charge in [0.2, 0.25) is 0 Å². The highest BCUT2D eigenvalue weighted by Crippen LogP contribution is 2.34. The number of methoxy groups -OCH3 is 1. The van der Waals surface area contributed by atoms with Crippen molar-refractivity contribution in [1.29, 1.82) is 0 Å². The van der Waals surface area contributed by atoms with Crippen LogP contribution in [0.1, 0.15) is 50.3 Å². The van der Waals surface area contributed by atoms with Gasteiger partial charge in [-0.05, 0) is 30.9 Å². The molecule has 0 bridgehead atoms. The Morgan fingerprint density at radius 3 is 2.58 bits per heavy atom. The number of hydrogen-bond donors (Lipinski definition) is 1. The fourth-order valence-corrected chi connectivity index (χ4v) is 3.07. The molecule has 2 N–H and O–H groups in total. The van der Waals surface area contributed by atoms with E-state index in [1.165, 1.54) is 24.8 Å². The monoisotopic (exact) mass is 262 g/mol. The minimum Gasteiger partial charge on any atom is -0.377 e. The van der Waals surface area contributed by atoms with E-state index in [4.69, 9.17) is 10.5 Å². The van der Waals surface area contributed by atoms with Crippen LogP contribution in [0.3, 0.4) is 0 Å². The van der Waals surface area contributed by atoms with Crippen molar-refractivity contribution < 1.29 is 4.74 Å². The molecule has 1 fully saturated rings. The lowest BCUT2D eigenvalue weighted by Gasteiger charge is -2.40. The zero-order valence-electron chi connectivity index (χ0n) is 12.2. The van der Waals surface area contributed by atoms with Crippen molar-refractivity contribution in [3.8, 4) is 0 Å². The van der Waals surface area contributed by atoms with Crippen LogP contribution >= 0.6 is 0 Å². The number of nitrogens with zero attached hydrogens (tertiary/aromatic N) is 1. The van der Waals surface area contributed by atoms with Gasteiger partial charge in [-0.15, -0.1) is 0 Å². The summed E-state index contributed by atoms with van der Waals surface area (Å²) in [5.74, 6) is 0. The zero-order chi connectivity index (χ0) is 13.7. The smallest absolute Gasteiger partial charge is 0.0832 e. The largest absolute Gasteiger partial charge is 0.377 e. The van der Waals surface area contributed by atoms with Crippen LogP contribution in [-0.4, -0.2) is 23.7 Å². The highest BCUT2D eigenvalue weighted by atomic mass is 16.5. The molecule has 1 aromatic rings. The number of rotatable bonds is 5. The van der Waals surface area contributed by atoms with Gasteiger partial charge in [0.25, 0.3) is 0 Å². The third kappa shape index (κ3) is 3.34. The Morgan fingerprint density at radius 1 is 1.32 bits per heavy atom. The summed E-state index contributed by atoms with van der Waals surface area (Å²) in [6, 6.07) is 4.29. The molecule has 0 aliphatic heterocycles. The molecule has 3 nitrogen and oxygen atoms in total. The molecule has 1 atom stereocenters. The molecule has 1 aromatic heterocycles. The van der Waals surface area contributed by atoms with Crippen LogP contribution in [-0.2, 0) is 17.6 Å². The Hall–Kier alpha value is -0.930. The van der Waals surface area contributed by atoms with E-state index >= 15 is 0 Å². The highest BCUT2D eigenvalue weighted by Gasteiger charge is 2.38. The number of hydrogen-bond acceptors (Lipinski definition) is 3. The van der Waals surface area contributed by atoms with Gasteiger partial charge in [0.15, 0.2) is 0 Å². The maximum atomic E-state index is 6.43. The summed E-state index contributed by atoms with van der Waals surface area (Å²) in [6.07, 6.45) is 9.71. The van der Waals surface area contributed by atoms with Crippen molar-refractivity contribution in [3.63, 3.8) is 0 Å². The summed E-state index contributed by atoms with van der Waals surface area (Å²) in [5.41, 5.74) is 8.65. The summed E-state index contributed by atoms with van der Waals surface area (Å²) < 4.78 is 5.80. The van der Waals surface area contributed by atoms with Crippen LogP contribution in [0, 0.1) is 0 Å². The summed E-state index contributed by atoms with van der Waals surface area (Å²) in [6.45, 7) is 2.14. The lowest BCUT2D eigenvalue weighted by atomic mass is 9.78. The highest BCUT2D eigenvalue weighted by molar-refractivity contribution is 5.15. The average Bonchev–Trinajstić information content (AvgIpc) is 2.48. The SMILES string of the molecule is CCc1ccc(CC(N)C2(OC)CCCCC2)nc1. The van der Waals surface area contributed by atoms with Crippen LogP contribution in [0.2, 0.25) is 0 Å². The normalized spacial score (nSPS) is 20.2. The molecule has 3 heteroatoms. The predicted octanol–water partition coefficient (Wildman–Crippen LogP) is 2.86. The molecule has 2 rings (SSSR count). The lowest BCUT2D eigenvalue weighted by molar-refractivity contribution is -0.0584. The average molecular weight is 262 g/mol. The number of ether oxygens (including phenoxy) is 1. The Balaban J connectivity index is 2.03. The fraction of sp³-hybridized carbons (Fsp3) is 0.688. The van der Waals surface area contributed by atoms with E-state index in [9.17, 15) is 0 Å². The van der Waals surface area contributed by atoms with Gasteiger partial charge in [0, 0.05) is 31.5 Å². The maximum Gasteiger partial charge on any atom is 0.0832 e. The van der Waals surface area contributed by atoms with Gasteiger partial charge in [-0.3, -0.25) is 4.98 Å². The second-order valence-electron chi connectivity index (χ2n) is 5.65. The van der Waals surface area contributed by atoms with Gasteiger partial charge in [-0.1, -0.05) is 32.3 Å². The molecule has 19 heavy (non-hydrogen) atoms. The molecule has 0 saturated heterocycles. The Labute approximate surface area is 116 Å². The molecule has 0 spiro atoms. The first-order chi connectivity index (χ1) is 9.20. The predicted molar refractivity (Wildman–Crippen MR) is 78.1 cm³/mol. The van der Waals surface area contributed by atoms with E-state index in [0.29, 0.717) is 0 Å². The third-order valence-electron chi connectivity index (χ3n) is 4.51. The van der Waals surface area contributed by atoms with Crippen molar-refractivity contribution in [1.82, 2.24) is 4.98 Å². The van der Waals surface area contributed by atoms with Crippen molar-refractivity contribution in [2.24, 2.45) is 5.73 Å². The number of aryl methyl sites for hydroxylation is 1. The second kappa shape index (κ2) is 6.49. The van der Waals surface area contributed by atoms with Crippen molar-refractivity contribution in [3.05, 3.63) is 29.6 Å². The van der Waals surface area contributed by atoms with Crippen LogP contribution in [0.4, 0.5) is 0 Å². The van der Waals surface area contributed by atoms with Crippen molar-refractivity contribution >= 4 is 0 Å². The summed E-state index contributed by atoms with van der Waals surface area (Å²) in [7, 11) is 1.80. The van der Waals surface area contributed by atoms with E-state index < -0.39 is 0 Å². The molecule has 0 aromatic carbocycles. The van der Waals surface area contributed by atoms with E-state index in [1.807, 2.05) is 6.20 Å². The topological polar surface area (TPSA) is 48.1 Å². The molecular weight excluding hydrogens is 236 g/mol. The van der Waals surface area contributed by atoms with Gasteiger partial charge < -0.3 is 10.5 Å². The van der Waals surface area contributed by atoms with Gasteiger partial charge in [-0.25, -0.2) is 0 Å². The molecule has 0 radical (unpaired) electrons. The van der Waals surface area contributed by atoms with Crippen LogP contribution in [0.5, 0.6) is 0 Å². The standard InChI is InChI=1S/C16H26N2O/c1-3-13-7-8-14(18-12-13)11-15(17)16(19-2)9-5-4-6-10-16/h7-8,12,15H,3-6,9-11,17H2,1-2H3. The van der Waals surface area contributed by atoms with Gasteiger partial charge >= 0.3 is 0 Å². The van der Waals surface area contributed by atoms with E-state index in [1.54, 1.807) is 7.11 Å². The van der Waals surface area contributed by atoms with E-state index in [-0.39, 0.29) is 11.6 Å². The summed E-state index contributed by atoms with van der Waals surface area (Å²) in [4.78, 5) is 4.51. The van der Waals surface area contributed by atoms with Gasteiger partial charge in [0.1, 0.15) is 0 Å². The summed E-state index contributed by atoms with van der Waals surface area (Å²) in [5, 5.41) is 0. The van der Waals surface area contributed by atoms with Crippen molar-refractivity contribution in [2.75, 3.05) is 7.11 Å². The Bertz CT molecular complexity index is 382. The molecule has 1 aliphatic carbocycles. The minimum absolute atomic E-state index is 0.0396. The third-order valence-corrected chi connectivity index (χ3v) is 4.51. The first kappa shape index (κ1) is 14.5. The Morgan fingerprint density at radius 2 is 2.05 bits per heavy atom. The summed E-state index contributed by atoms with van der Waals surface area (Å²) >= 11 is 0. The number of aromatic nitrogens is 1. The van der Waals surface area contributed by atoms with Gasteiger partial charge in [0.05, 0.1) is 5.60 Å². The lowest BCUT2D eigenvalue weighted by Crippen LogP contribution is -2.52. The first-order valence-electron chi connectivity index (χ1n) is 7.45. The number of nitrogens with two attached hydrogens (primary N) is 1. The van der Waals surface area contributed by atoms with Crippen LogP contribution < -0.4 is 5.73 Å². The molecule has 106 valence electrons. The van der Waals surface area contributed by atoms with E-state index in [2.05, 4.69) is 24.0 Å². The first-order valence-corrected chi connectivity index (χ1v) is 7.45. The van der Waals surface area contributed by atoms with Crippen molar-refractivity contribution in [2.45, 2.75) is 63.5 Å². The molecular formula is C16H26N2O. The minimum atomic E-state index is -0.136. The van der Waals surface area contributed by atoms with Crippen LogP contribution in [0.15, 0.2) is 18.3 Å². The van der Waals surface area contributed by atoms with Gasteiger partial charge in [-0.2, -0.15) is 0 Å². The zero-order valence-corrected chi connectivity index (χ0v) is 12.2. The van der Waals surface area contributed by atoms with Crippen LogP contribution in [0.25, 0.3) is 0 Å². The molecule has 1 heterocycles. The molecule has 1 saturated carbocycles. The Kier molecular flexibility index (Phi) is 4.94. The second-order valence-corrected chi connectivity index (χ2v) is 5.65. The molecule has 1 unspecified atom stereocenters. The number of pyridine rings is 1. The fourth-order valence-electron chi connectivity index (χ4n) is 3.07. The van der Waals surface area contributed by atoms with E-state index in [0.717, 1.165) is 31.4 Å². The maximum absolute atomic E-state index is 6.43. The molecule has 1 aliphatic rings.